The van der Waals surface area contributed by atoms with Crippen LogP contribution in [-0.4, -0.2) is 28.8 Å². The van der Waals surface area contributed by atoms with Crippen LogP contribution < -0.4 is 4.90 Å². The van der Waals surface area contributed by atoms with E-state index in [1.54, 1.807) is 6.20 Å². The Kier molecular flexibility index (Phi) is 2.27. The number of pyridine rings is 1. The van der Waals surface area contributed by atoms with Gasteiger partial charge < -0.3 is 10.0 Å². The van der Waals surface area contributed by atoms with E-state index in [-0.39, 0.29) is 0 Å². The Labute approximate surface area is 91.9 Å². The molecule has 2 heterocycles. The van der Waals surface area contributed by atoms with Gasteiger partial charge in [-0.2, -0.15) is 0 Å². The maximum absolute atomic E-state index is 9.62. The van der Waals surface area contributed by atoms with Crippen LogP contribution in [0.3, 0.4) is 0 Å². The topological polar surface area (TPSA) is 36.4 Å². The zero-order valence-electron chi connectivity index (χ0n) is 8.29. The van der Waals surface area contributed by atoms with E-state index in [4.69, 9.17) is 0 Å². The number of aryl methyl sites for hydroxylation is 1. The number of hydrogen-bond donors (Lipinski definition) is 1. The summed E-state index contributed by atoms with van der Waals surface area (Å²) in [5.41, 5.74) is 0.617. The summed E-state index contributed by atoms with van der Waals surface area (Å²) < 4.78 is 1.02. The van der Waals surface area contributed by atoms with Crippen molar-refractivity contribution >= 4 is 21.7 Å². The molecular formula is C10H13BrN2O. The number of aromatic nitrogens is 1. The maximum Gasteiger partial charge on any atom is 0.143 e. The Bertz CT molecular complexity index is 357. The third-order valence-electron chi connectivity index (χ3n) is 2.43. The zero-order chi connectivity index (χ0) is 10.3. The SMILES string of the molecule is Cc1ccnc(N2CC(C)(O)C2)c1Br. The molecule has 0 radical (unpaired) electrons. The molecule has 1 N–H and O–H groups in total. The molecule has 0 spiro atoms. The van der Waals surface area contributed by atoms with Gasteiger partial charge in [0.05, 0.1) is 10.1 Å². The highest BCUT2D eigenvalue weighted by atomic mass is 79.9. The van der Waals surface area contributed by atoms with Crippen molar-refractivity contribution in [2.45, 2.75) is 19.4 Å². The van der Waals surface area contributed by atoms with Gasteiger partial charge in [-0.15, -0.1) is 0 Å². The van der Waals surface area contributed by atoms with Gasteiger partial charge in [0.1, 0.15) is 5.82 Å². The van der Waals surface area contributed by atoms with Crippen molar-refractivity contribution in [1.82, 2.24) is 4.98 Å². The molecule has 76 valence electrons. The largest absolute Gasteiger partial charge is 0.386 e. The lowest BCUT2D eigenvalue weighted by Gasteiger charge is -2.45. The average molecular weight is 257 g/mol. The first-order chi connectivity index (χ1) is 6.49. The molecule has 14 heavy (non-hydrogen) atoms. The summed E-state index contributed by atoms with van der Waals surface area (Å²) in [6.07, 6.45) is 1.79. The molecule has 0 amide bonds. The first kappa shape index (κ1) is 9.93. The van der Waals surface area contributed by atoms with Gasteiger partial charge in [-0.1, -0.05) is 0 Å². The molecule has 1 aliphatic heterocycles. The third-order valence-corrected chi connectivity index (χ3v) is 3.41. The van der Waals surface area contributed by atoms with Gasteiger partial charge in [0.25, 0.3) is 0 Å². The van der Waals surface area contributed by atoms with Crippen molar-refractivity contribution in [3.63, 3.8) is 0 Å². The summed E-state index contributed by atoms with van der Waals surface area (Å²) >= 11 is 3.51. The second-order valence-electron chi connectivity index (χ2n) is 4.12. The Morgan fingerprint density at radius 3 is 2.79 bits per heavy atom. The molecule has 1 aromatic heterocycles. The van der Waals surface area contributed by atoms with Crippen molar-refractivity contribution in [1.29, 1.82) is 0 Å². The fourth-order valence-corrected chi connectivity index (χ4v) is 2.16. The van der Waals surface area contributed by atoms with E-state index in [0.29, 0.717) is 13.1 Å². The van der Waals surface area contributed by atoms with E-state index in [9.17, 15) is 5.11 Å². The second kappa shape index (κ2) is 3.21. The molecule has 1 saturated heterocycles. The van der Waals surface area contributed by atoms with Gasteiger partial charge in [-0.05, 0) is 41.4 Å². The van der Waals surface area contributed by atoms with Crippen LogP contribution >= 0.6 is 15.9 Å². The lowest BCUT2D eigenvalue weighted by atomic mass is 9.97. The number of hydrogen-bond acceptors (Lipinski definition) is 3. The molecule has 4 heteroatoms. The second-order valence-corrected chi connectivity index (χ2v) is 4.91. The predicted octanol–water partition coefficient (Wildman–Crippen LogP) is 1.72. The van der Waals surface area contributed by atoms with Crippen LogP contribution in [0.25, 0.3) is 0 Å². The minimum absolute atomic E-state index is 0.551. The third kappa shape index (κ3) is 1.64. The minimum Gasteiger partial charge on any atom is -0.386 e. The van der Waals surface area contributed by atoms with Gasteiger partial charge in [0.15, 0.2) is 0 Å². The van der Waals surface area contributed by atoms with Crippen LogP contribution in [0.1, 0.15) is 12.5 Å². The molecule has 1 aromatic rings. The molecular weight excluding hydrogens is 244 g/mol. The summed E-state index contributed by atoms with van der Waals surface area (Å²) in [5.74, 6) is 0.927. The van der Waals surface area contributed by atoms with Crippen molar-refractivity contribution in [3.8, 4) is 0 Å². The lowest BCUT2D eigenvalue weighted by molar-refractivity contribution is 0.0304. The van der Waals surface area contributed by atoms with Crippen molar-refractivity contribution < 1.29 is 5.11 Å². The van der Waals surface area contributed by atoms with Gasteiger partial charge in [0, 0.05) is 19.3 Å². The number of nitrogens with zero attached hydrogens (tertiary/aromatic N) is 2. The summed E-state index contributed by atoms with van der Waals surface area (Å²) in [4.78, 5) is 6.36. The zero-order valence-corrected chi connectivity index (χ0v) is 9.87. The van der Waals surface area contributed by atoms with Crippen LogP contribution in [0.5, 0.6) is 0 Å². The Morgan fingerprint density at radius 2 is 2.21 bits per heavy atom. The van der Waals surface area contributed by atoms with Crippen LogP contribution in [-0.2, 0) is 0 Å². The standard InChI is InChI=1S/C10H13BrN2O/c1-7-3-4-12-9(8(7)11)13-5-10(2,14)6-13/h3-4,14H,5-6H2,1-2H3. The minimum atomic E-state index is -0.551. The maximum atomic E-state index is 9.62. The smallest absolute Gasteiger partial charge is 0.143 e. The fraction of sp³-hybridized carbons (Fsp3) is 0.500. The lowest BCUT2D eigenvalue weighted by Crippen LogP contribution is -2.60. The molecule has 1 aliphatic rings. The molecule has 0 bridgehead atoms. The van der Waals surface area contributed by atoms with E-state index in [1.807, 2.05) is 19.9 Å². The van der Waals surface area contributed by atoms with Gasteiger partial charge in [-0.3, -0.25) is 0 Å². The van der Waals surface area contributed by atoms with Crippen LogP contribution in [0.15, 0.2) is 16.7 Å². The van der Waals surface area contributed by atoms with Crippen LogP contribution in [0.2, 0.25) is 0 Å². The van der Waals surface area contributed by atoms with Crippen molar-refractivity contribution in [2.75, 3.05) is 18.0 Å². The fourth-order valence-electron chi connectivity index (χ4n) is 1.67. The highest BCUT2D eigenvalue weighted by molar-refractivity contribution is 9.10. The summed E-state index contributed by atoms with van der Waals surface area (Å²) in [6.45, 7) is 5.19. The summed E-state index contributed by atoms with van der Waals surface area (Å²) in [7, 11) is 0. The predicted molar refractivity (Wildman–Crippen MR) is 59.5 cm³/mol. The molecule has 3 nitrogen and oxygen atoms in total. The summed E-state index contributed by atoms with van der Waals surface area (Å²) in [5, 5.41) is 9.62. The Morgan fingerprint density at radius 1 is 1.57 bits per heavy atom. The van der Waals surface area contributed by atoms with Crippen molar-refractivity contribution in [3.05, 3.63) is 22.3 Å². The van der Waals surface area contributed by atoms with Crippen molar-refractivity contribution in [2.24, 2.45) is 0 Å². The van der Waals surface area contributed by atoms with Crippen LogP contribution in [0, 0.1) is 6.92 Å². The van der Waals surface area contributed by atoms with E-state index < -0.39 is 5.60 Å². The Hall–Kier alpha value is -0.610. The van der Waals surface area contributed by atoms with Gasteiger partial charge in [0.2, 0.25) is 0 Å². The van der Waals surface area contributed by atoms with Gasteiger partial charge in [-0.25, -0.2) is 4.98 Å². The number of aliphatic hydroxyl groups is 1. The van der Waals surface area contributed by atoms with Crippen LogP contribution in [0.4, 0.5) is 5.82 Å². The number of halogens is 1. The summed E-state index contributed by atoms with van der Waals surface area (Å²) in [6, 6.07) is 1.96. The van der Waals surface area contributed by atoms with E-state index in [1.165, 1.54) is 5.56 Å². The number of anilines is 1. The number of β-amino-alcohol motifs (C(OH)–C–C–N with tert-alkyl or cyclic N) is 1. The highest BCUT2D eigenvalue weighted by Gasteiger charge is 2.38. The first-order valence-electron chi connectivity index (χ1n) is 4.58. The Balaban J connectivity index is 2.23. The van der Waals surface area contributed by atoms with E-state index >= 15 is 0 Å². The molecule has 0 unspecified atom stereocenters. The number of rotatable bonds is 1. The average Bonchev–Trinajstić information content (AvgIpc) is 2.06. The van der Waals surface area contributed by atoms with Gasteiger partial charge >= 0.3 is 0 Å². The first-order valence-corrected chi connectivity index (χ1v) is 5.37. The van der Waals surface area contributed by atoms with E-state index in [0.717, 1.165) is 10.3 Å². The molecule has 2 rings (SSSR count). The molecule has 1 fully saturated rings. The molecule has 0 saturated carbocycles. The molecule has 0 atom stereocenters. The van der Waals surface area contributed by atoms with E-state index in [2.05, 4.69) is 25.8 Å². The quantitative estimate of drug-likeness (QED) is 0.832. The normalized spacial score (nSPS) is 19.3. The molecule has 0 aliphatic carbocycles. The monoisotopic (exact) mass is 256 g/mol. The highest BCUT2D eigenvalue weighted by Crippen LogP contribution is 2.32. The molecule has 0 aromatic carbocycles.